The van der Waals surface area contributed by atoms with Crippen molar-refractivity contribution in [3.05, 3.63) is 41.0 Å². The van der Waals surface area contributed by atoms with Gasteiger partial charge in [-0.3, -0.25) is 9.78 Å². The fourth-order valence-corrected chi connectivity index (χ4v) is 2.61. The number of aromatic nitrogens is 4. The molecular weight excluding hydrogens is 278 g/mol. The maximum absolute atomic E-state index is 12.3. The summed E-state index contributed by atoms with van der Waals surface area (Å²) in [5.41, 5.74) is 3.43. The molecule has 3 rings (SSSR count). The van der Waals surface area contributed by atoms with Crippen molar-refractivity contribution in [1.29, 1.82) is 0 Å². The molecule has 0 bridgehead atoms. The number of carbonyl (C=O) groups excluding carboxylic acids is 1. The molecule has 1 aliphatic rings. The average Bonchev–Trinajstić information content (AvgIpc) is 3.21. The number of nitrogens with one attached hydrogen (secondary N) is 2. The lowest BCUT2D eigenvalue weighted by Gasteiger charge is -2.22. The molecule has 0 radical (unpaired) electrons. The maximum atomic E-state index is 12.3. The molecule has 0 saturated heterocycles. The van der Waals surface area contributed by atoms with E-state index in [1.165, 1.54) is 5.56 Å². The summed E-state index contributed by atoms with van der Waals surface area (Å²) in [6.07, 6.45) is 5.77. The van der Waals surface area contributed by atoms with Crippen molar-refractivity contribution in [2.24, 2.45) is 0 Å². The third kappa shape index (κ3) is 3.00. The Balaban J connectivity index is 1.73. The SMILES string of the molecule is CC(C)(C)c1ccncc1CNC(=O)c1n[nH]nc1C1CC1. The molecule has 0 aromatic carbocycles. The summed E-state index contributed by atoms with van der Waals surface area (Å²) in [5.74, 6) is 0.211. The van der Waals surface area contributed by atoms with Crippen LogP contribution in [-0.4, -0.2) is 26.3 Å². The van der Waals surface area contributed by atoms with Crippen molar-refractivity contribution in [2.45, 2.75) is 51.5 Å². The smallest absolute Gasteiger partial charge is 0.274 e. The van der Waals surface area contributed by atoms with Gasteiger partial charge in [-0.1, -0.05) is 20.8 Å². The molecule has 0 unspecified atom stereocenters. The highest BCUT2D eigenvalue weighted by Crippen LogP contribution is 2.39. The number of rotatable bonds is 4. The topological polar surface area (TPSA) is 83.6 Å². The van der Waals surface area contributed by atoms with E-state index >= 15 is 0 Å². The molecular formula is C16H21N5O. The van der Waals surface area contributed by atoms with Crippen LogP contribution < -0.4 is 5.32 Å². The first-order valence-electron chi connectivity index (χ1n) is 7.59. The van der Waals surface area contributed by atoms with E-state index in [1.54, 1.807) is 6.20 Å². The molecule has 116 valence electrons. The Morgan fingerprint density at radius 3 is 2.82 bits per heavy atom. The van der Waals surface area contributed by atoms with Gasteiger partial charge in [-0.25, -0.2) is 0 Å². The van der Waals surface area contributed by atoms with Gasteiger partial charge in [0.05, 0.1) is 5.69 Å². The van der Waals surface area contributed by atoms with Gasteiger partial charge in [0.15, 0.2) is 5.69 Å². The van der Waals surface area contributed by atoms with Crippen LogP contribution in [0.4, 0.5) is 0 Å². The lowest BCUT2D eigenvalue weighted by molar-refractivity contribution is 0.0944. The normalized spacial score (nSPS) is 14.9. The van der Waals surface area contributed by atoms with Crippen LogP contribution in [0.5, 0.6) is 0 Å². The molecule has 0 aliphatic heterocycles. The van der Waals surface area contributed by atoms with Gasteiger partial charge in [-0.05, 0) is 35.4 Å². The number of nitrogens with zero attached hydrogens (tertiary/aromatic N) is 3. The number of amides is 1. The molecule has 6 heteroatoms. The van der Waals surface area contributed by atoms with E-state index in [0.29, 0.717) is 18.2 Å². The van der Waals surface area contributed by atoms with Gasteiger partial charge in [0.2, 0.25) is 0 Å². The zero-order valence-electron chi connectivity index (χ0n) is 13.2. The van der Waals surface area contributed by atoms with E-state index in [9.17, 15) is 4.79 Å². The Kier molecular flexibility index (Phi) is 3.68. The van der Waals surface area contributed by atoms with Gasteiger partial charge in [0.1, 0.15) is 0 Å². The zero-order valence-corrected chi connectivity index (χ0v) is 13.2. The van der Waals surface area contributed by atoms with Gasteiger partial charge in [-0.15, -0.1) is 0 Å². The zero-order chi connectivity index (χ0) is 15.7. The van der Waals surface area contributed by atoms with Gasteiger partial charge in [0, 0.05) is 24.9 Å². The minimum absolute atomic E-state index is 0.00998. The van der Waals surface area contributed by atoms with Crippen LogP contribution in [0.2, 0.25) is 0 Å². The Morgan fingerprint density at radius 2 is 2.14 bits per heavy atom. The highest BCUT2D eigenvalue weighted by atomic mass is 16.2. The number of aromatic amines is 1. The molecule has 1 saturated carbocycles. The average molecular weight is 299 g/mol. The van der Waals surface area contributed by atoms with E-state index in [4.69, 9.17) is 0 Å². The number of H-pyrrole nitrogens is 1. The Morgan fingerprint density at radius 1 is 1.36 bits per heavy atom. The van der Waals surface area contributed by atoms with Gasteiger partial charge in [0.25, 0.3) is 5.91 Å². The number of pyridine rings is 1. The van der Waals surface area contributed by atoms with E-state index < -0.39 is 0 Å². The first kappa shape index (κ1) is 14.7. The fourth-order valence-electron chi connectivity index (χ4n) is 2.61. The molecule has 2 heterocycles. The highest BCUT2D eigenvalue weighted by Gasteiger charge is 2.31. The summed E-state index contributed by atoms with van der Waals surface area (Å²) >= 11 is 0. The van der Waals surface area contributed by atoms with E-state index in [1.807, 2.05) is 12.3 Å². The molecule has 2 N–H and O–H groups in total. The summed E-state index contributed by atoms with van der Waals surface area (Å²) in [4.78, 5) is 16.5. The number of carbonyl (C=O) groups is 1. The van der Waals surface area contributed by atoms with E-state index in [-0.39, 0.29) is 11.3 Å². The van der Waals surface area contributed by atoms with Gasteiger partial charge >= 0.3 is 0 Å². The maximum Gasteiger partial charge on any atom is 0.274 e. The predicted octanol–water partition coefficient (Wildman–Crippen LogP) is 2.30. The van der Waals surface area contributed by atoms with Crippen molar-refractivity contribution in [1.82, 2.24) is 25.7 Å². The Labute approximate surface area is 129 Å². The summed E-state index contributed by atoms with van der Waals surface area (Å²) in [5, 5.41) is 13.6. The molecule has 22 heavy (non-hydrogen) atoms. The van der Waals surface area contributed by atoms with Gasteiger partial charge in [-0.2, -0.15) is 15.4 Å². The second-order valence-corrected chi connectivity index (χ2v) is 6.80. The second kappa shape index (κ2) is 5.51. The van der Waals surface area contributed by atoms with E-state index in [0.717, 1.165) is 24.1 Å². The Hall–Kier alpha value is -2.24. The lowest BCUT2D eigenvalue weighted by Crippen LogP contribution is -2.26. The quantitative estimate of drug-likeness (QED) is 0.907. The number of hydrogen-bond donors (Lipinski definition) is 2. The van der Waals surface area contributed by atoms with Gasteiger partial charge < -0.3 is 5.32 Å². The fraction of sp³-hybridized carbons (Fsp3) is 0.500. The number of hydrogen-bond acceptors (Lipinski definition) is 4. The van der Waals surface area contributed by atoms with Crippen LogP contribution >= 0.6 is 0 Å². The molecule has 2 aromatic heterocycles. The molecule has 1 amide bonds. The van der Waals surface area contributed by atoms with Crippen LogP contribution in [-0.2, 0) is 12.0 Å². The first-order valence-corrected chi connectivity index (χ1v) is 7.59. The molecule has 1 fully saturated rings. The lowest BCUT2D eigenvalue weighted by atomic mass is 9.84. The minimum Gasteiger partial charge on any atom is -0.346 e. The monoisotopic (exact) mass is 299 g/mol. The molecule has 2 aromatic rings. The summed E-state index contributed by atoms with van der Waals surface area (Å²) in [7, 11) is 0. The van der Waals surface area contributed by atoms with Crippen molar-refractivity contribution >= 4 is 5.91 Å². The molecule has 0 spiro atoms. The molecule has 1 aliphatic carbocycles. The summed E-state index contributed by atoms with van der Waals surface area (Å²) in [6.45, 7) is 6.89. The minimum atomic E-state index is -0.181. The largest absolute Gasteiger partial charge is 0.346 e. The van der Waals surface area contributed by atoms with Crippen LogP contribution in [0.25, 0.3) is 0 Å². The highest BCUT2D eigenvalue weighted by molar-refractivity contribution is 5.93. The summed E-state index contributed by atoms with van der Waals surface area (Å²) in [6, 6.07) is 2.01. The first-order chi connectivity index (χ1) is 10.5. The second-order valence-electron chi connectivity index (χ2n) is 6.80. The third-order valence-corrected chi connectivity index (χ3v) is 3.91. The predicted molar refractivity (Wildman–Crippen MR) is 82.5 cm³/mol. The third-order valence-electron chi connectivity index (χ3n) is 3.91. The van der Waals surface area contributed by atoms with Crippen molar-refractivity contribution in [3.8, 4) is 0 Å². The van der Waals surface area contributed by atoms with Crippen LogP contribution in [0.15, 0.2) is 18.5 Å². The van der Waals surface area contributed by atoms with Crippen molar-refractivity contribution in [3.63, 3.8) is 0 Å². The summed E-state index contributed by atoms with van der Waals surface area (Å²) < 4.78 is 0. The molecule has 0 atom stereocenters. The van der Waals surface area contributed by atoms with Crippen molar-refractivity contribution < 1.29 is 4.79 Å². The van der Waals surface area contributed by atoms with E-state index in [2.05, 4.69) is 46.5 Å². The van der Waals surface area contributed by atoms with Crippen LogP contribution in [0, 0.1) is 0 Å². The van der Waals surface area contributed by atoms with Crippen molar-refractivity contribution in [2.75, 3.05) is 0 Å². The standard InChI is InChI=1S/C16H21N5O/c1-16(2,3)12-6-7-17-8-11(12)9-18-15(22)14-13(10-4-5-10)19-21-20-14/h6-8,10H,4-5,9H2,1-3H3,(H,18,22)(H,19,20,21). The van der Waals surface area contributed by atoms with Crippen LogP contribution in [0.1, 0.15) is 66.8 Å². The Bertz CT molecular complexity index is 682. The van der Waals surface area contributed by atoms with Crippen LogP contribution in [0.3, 0.4) is 0 Å². The molecule has 6 nitrogen and oxygen atoms in total.